The molecular weight excluding hydrogens is 314 g/mol. The summed E-state index contributed by atoms with van der Waals surface area (Å²) in [5.74, 6) is -0.263. The third-order valence-electron chi connectivity index (χ3n) is 3.64. The third kappa shape index (κ3) is 4.23. The zero-order valence-corrected chi connectivity index (χ0v) is 13.4. The molecule has 0 saturated carbocycles. The molecule has 0 atom stereocenters. The van der Waals surface area contributed by atoms with E-state index in [9.17, 15) is 9.59 Å². The Balaban J connectivity index is 1.72. The molecule has 3 aromatic rings. The normalized spacial score (nSPS) is 10.1. The van der Waals surface area contributed by atoms with E-state index in [1.54, 1.807) is 24.3 Å². The summed E-state index contributed by atoms with van der Waals surface area (Å²) < 4.78 is 0. The molecule has 124 valence electrons. The van der Waals surface area contributed by atoms with Gasteiger partial charge in [0.1, 0.15) is 0 Å². The number of carbonyl (C=O) groups excluding carboxylic acids is 2. The van der Waals surface area contributed by atoms with E-state index in [1.165, 1.54) is 0 Å². The number of urea groups is 1. The molecule has 4 N–H and O–H groups in total. The van der Waals surface area contributed by atoms with Gasteiger partial charge in [0.15, 0.2) is 0 Å². The lowest BCUT2D eigenvalue weighted by Gasteiger charge is -2.08. The standard InChI is InChI=1S/C20H17N3O2/c21-20(25)23-18-8-4-7-16(13-18)19(24)22-17-11-9-15(10-12-17)14-5-2-1-3-6-14/h1-13H,(H,22,24)(H3,21,23,25). The summed E-state index contributed by atoms with van der Waals surface area (Å²) in [5, 5.41) is 5.28. The minimum atomic E-state index is -0.672. The van der Waals surface area contributed by atoms with E-state index in [2.05, 4.69) is 10.6 Å². The highest BCUT2D eigenvalue weighted by atomic mass is 16.2. The number of anilines is 2. The number of carbonyl (C=O) groups is 2. The molecule has 3 amide bonds. The first-order valence-corrected chi connectivity index (χ1v) is 7.75. The van der Waals surface area contributed by atoms with Crippen LogP contribution in [0.3, 0.4) is 0 Å². The molecule has 0 bridgehead atoms. The molecule has 0 unspecified atom stereocenters. The highest BCUT2D eigenvalue weighted by Gasteiger charge is 2.08. The molecule has 5 nitrogen and oxygen atoms in total. The van der Waals surface area contributed by atoms with Crippen LogP contribution in [0.1, 0.15) is 10.4 Å². The largest absolute Gasteiger partial charge is 0.351 e. The van der Waals surface area contributed by atoms with Crippen LogP contribution < -0.4 is 16.4 Å². The zero-order chi connectivity index (χ0) is 17.6. The summed E-state index contributed by atoms with van der Waals surface area (Å²) >= 11 is 0. The van der Waals surface area contributed by atoms with E-state index >= 15 is 0 Å². The van der Waals surface area contributed by atoms with E-state index in [0.717, 1.165) is 11.1 Å². The second-order valence-corrected chi connectivity index (χ2v) is 5.47. The van der Waals surface area contributed by atoms with Gasteiger partial charge >= 0.3 is 6.03 Å². The van der Waals surface area contributed by atoms with Crippen LogP contribution in [0.15, 0.2) is 78.9 Å². The second kappa shape index (κ2) is 7.31. The predicted octanol–water partition coefficient (Wildman–Crippen LogP) is 4.10. The molecule has 0 saturated heterocycles. The molecule has 5 heteroatoms. The molecule has 25 heavy (non-hydrogen) atoms. The van der Waals surface area contributed by atoms with Crippen LogP contribution in [0.2, 0.25) is 0 Å². The number of nitrogens with one attached hydrogen (secondary N) is 2. The van der Waals surface area contributed by atoms with E-state index in [1.807, 2.05) is 54.6 Å². The molecule has 0 aromatic heterocycles. The topological polar surface area (TPSA) is 84.2 Å². The van der Waals surface area contributed by atoms with Crippen molar-refractivity contribution in [3.05, 3.63) is 84.4 Å². The van der Waals surface area contributed by atoms with E-state index in [0.29, 0.717) is 16.9 Å². The molecular formula is C20H17N3O2. The number of amides is 3. The van der Waals surface area contributed by atoms with Crippen molar-refractivity contribution in [3.8, 4) is 11.1 Å². The summed E-state index contributed by atoms with van der Waals surface area (Å²) in [6.07, 6.45) is 0. The summed E-state index contributed by atoms with van der Waals surface area (Å²) in [4.78, 5) is 23.3. The minimum Gasteiger partial charge on any atom is -0.351 e. The molecule has 0 spiro atoms. The Morgan fingerprint density at radius 2 is 1.36 bits per heavy atom. The second-order valence-electron chi connectivity index (χ2n) is 5.47. The van der Waals surface area contributed by atoms with Gasteiger partial charge in [-0.15, -0.1) is 0 Å². The van der Waals surface area contributed by atoms with Gasteiger partial charge in [-0.05, 0) is 41.5 Å². The first-order valence-electron chi connectivity index (χ1n) is 7.75. The fourth-order valence-corrected chi connectivity index (χ4v) is 2.46. The summed E-state index contributed by atoms with van der Waals surface area (Å²) in [7, 11) is 0. The number of primary amides is 1. The molecule has 0 aliphatic carbocycles. The average Bonchev–Trinajstić information content (AvgIpc) is 2.63. The number of benzene rings is 3. The molecule has 0 aliphatic heterocycles. The molecule has 3 aromatic carbocycles. The van der Waals surface area contributed by atoms with Gasteiger partial charge in [-0.2, -0.15) is 0 Å². The van der Waals surface area contributed by atoms with E-state index in [-0.39, 0.29) is 5.91 Å². The summed E-state index contributed by atoms with van der Waals surface area (Å²) in [5.41, 5.74) is 8.87. The molecule has 0 radical (unpaired) electrons. The number of rotatable bonds is 4. The zero-order valence-electron chi connectivity index (χ0n) is 13.4. The Morgan fingerprint density at radius 1 is 0.680 bits per heavy atom. The van der Waals surface area contributed by atoms with Gasteiger partial charge in [-0.3, -0.25) is 4.79 Å². The number of nitrogens with two attached hydrogens (primary N) is 1. The predicted molar refractivity (Wildman–Crippen MR) is 99.5 cm³/mol. The van der Waals surface area contributed by atoms with Crippen LogP contribution in [0, 0.1) is 0 Å². The maximum absolute atomic E-state index is 12.4. The van der Waals surface area contributed by atoms with Crippen LogP contribution in [0.5, 0.6) is 0 Å². The van der Waals surface area contributed by atoms with Crippen LogP contribution in [-0.4, -0.2) is 11.9 Å². The van der Waals surface area contributed by atoms with Crippen LogP contribution in [-0.2, 0) is 0 Å². The molecule has 0 fully saturated rings. The lowest BCUT2D eigenvalue weighted by Crippen LogP contribution is -2.19. The van der Waals surface area contributed by atoms with Gasteiger partial charge in [0.25, 0.3) is 5.91 Å². The van der Waals surface area contributed by atoms with Crippen LogP contribution >= 0.6 is 0 Å². The maximum Gasteiger partial charge on any atom is 0.316 e. The first-order chi connectivity index (χ1) is 12.1. The lowest BCUT2D eigenvalue weighted by atomic mass is 10.1. The van der Waals surface area contributed by atoms with Crippen molar-refractivity contribution >= 4 is 23.3 Å². The van der Waals surface area contributed by atoms with Crippen molar-refractivity contribution in [2.24, 2.45) is 5.73 Å². The van der Waals surface area contributed by atoms with Gasteiger partial charge in [0, 0.05) is 16.9 Å². The quantitative estimate of drug-likeness (QED) is 0.672. The van der Waals surface area contributed by atoms with Gasteiger partial charge in [-0.25, -0.2) is 4.79 Å². The van der Waals surface area contributed by atoms with Crippen molar-refractivity contribution in [2.75, 3.05) is 10.6 Å². The van der Waals surface area contributed by atoms with Crippen molar-refractivity contribution in [1.82, 2.24) is 0 Å². The fourth-order valence-electron chi connectivity index (χ4n) is 2.46. The monoisotopic (exact) mass is 331 g/mol. The Morgan fingerprint density at radius 3 is 2.04 bits per heavy atom. The molecule has 0 heterocycles. The molecule has 3 rings (SSSR count). The highest BCUT2D eigenvalue weighted by molar-refractivity contribution is 6.05. The Kier molecular flexibility index (Phi) is 4.76. The first kappa shape index (κ1) is 16.3. The van der Waals surface area contributed by atoms with Crippen molar-refractivity contribution < 1.29 is 9.59 Å². The Bertz CT molecular complexity index is 890. The van der Waals surface area contributed by atoms with E-state index < -0.39 is 6.03 Å². The summed E-state index contributed by atoms with van der Waals surface area (Å²) in [6.45, 7) is 0. The van der Waals surface area contributed by atoms with E-state index in [4.69, 9.17) is 5.73 Å². The lowest BCUT2D eigenvalue weighted by molar-refractivity contribution is 0.102. The Hall–Kier alpha value is -3.60. The minimum absolute atomic E-state index is 0.263. The highest BCUT2D eigenvalue weighted by Crippen LogP contribution is 2.21. The van der Waals surface area contributed by atoms with Crippen molar-refractivity contribution in [2.45, 2.75) is 0 Å². The van der Waals surface area contributed by atoms with Crippen LogP contribution in [0.25, 0.3) is 11.1 Å². The van der Waals surface area contributed by atoms with Crippen molar-refractivity contribution in [3.63, 3.8) is 0 Å². The number of hydrogen-bond acceptors (Lipinski definition) is 2. The maximum atomic E-state index is 12.4. The van der Waals surface area contributed by atoms with Gasteiger partial charge in [0.2, 0.25) is 0 Å². The van der Waals surface area contributed by atoms with Gasteiger partial charge < -0.3 is 16.4 Å². The number of hydrogen-bond donors (Lipinski definition) is 3. The summed E-state index contributed by atoms with van der Waals surface area (Å²) in [6, 6.07) is 23.5. The van der Waals surface area contributed by atoms with Gasteiger partial charge in [-0.1, -0.05) is 48.5 Å². The fraction of sp³-hybridized carbons (Fsp3) is 0. The smallest absolute Gasteiger partial charge is 0.316 e. The SMILES string of the molecule is NC(=O)Nc1cccc(C(=O)Nc2ccc(-c3ccccc3)cc2)c1. The third-order valence-corrected chi connectivity index (χ3v) is 3.64. The molecule has 0 aliphatic rings. The van der Waals surface area contributed by atoms with Gasteiger partial charge in [0.05, 0.1) is 0 Å². The van der Waals surface area contributed by atoms with Crippen LogP contribution in [0.4, 0.5) is 16.2 Å². The van der Waals surface area contributed by atoms with Crippen molar-refractivity contribution in [1.29, 1.82) is 0 Å². The Labute approximate surface area is 145 Å². The average molecular weight is 331 g/mol.